The minimum Gasteiger partial charge on any atom is -0.493 e. The number of nitrogens with one attached hydrogen (secondary N) is 1. The van der Waals surface area contributed by atoms with Gasteiger partial charge in [-0.3, -0.25) is 4.79 Å². The molecule has 1 N–H and O–H groups in total. The van der Waals surface area contributed by atoms with Gasteiger partial charge in [-0.05, 0) is 41.8 Å². The van der Waals surface area contributed by atoms with Crippen molar-refractivity contribution in [1.29, 1.82) is 0 Å². The van der Waals surface area contributed by atoms with Gasteiger partial charge in [0, 0.05) is 5.56 Å². The first kappa shape index (κ1) is 21.8. The monoisotopic (exact) mass is 441 g/mol. The van der Waals surface area contributed by atoms with E-state index >= 15 is 0 Å². The summed E-state index contributed by atoms with van der Waals surface area (Å²) in [6.07, 6.45) is 3.75. The number of fused-ring (bicyclic) bond motifs is 1. The van der Waals surface area contributed by atoms with E-state index in [1.54, 1.807) is 43.5 Å². The zero-order chi connectivity index (χ0) is 23.2. The molecule has 0 aliphatic rings. The number of methoxy groups -OCH3 is 1. The molecule has 33 heavy (non-hydrogen) atoms. The normalized spacial score (nSPS) is 11.1. The number of aromatic nitrogens is 2. The zero-order valence-corrected chi connectivity index (χ0v) is 18.2. The molecule has 0 radical (unpaired) electrons. The molecule has 0 fully saturated rings. The van der Waals surface area contributed by atoms with Crippen LogP contribution >= 0.6 is 0 Å². The molecule has 4 rings (SSSR count). The molecule has 0 saturated carbocycles. The summed E-state index contributed by atoms with van der Waals surface area (Å²) in [6, 6.07) is 20.2. The van der Waals surface area contributed by atoms with Gasteiger partial charge in [-0.1, -0.05) is 48.5 Å². The van der Waals surface area contributed by atoms with Gasteiger partial charge in [-0.2, -0.15) is 5.10 Å². The topological polar surface area (TPSA) is 85.7 Å². The number of para-hydroxylation sites is 1. The predicted molar refractivity (Wildman–Crippen MR) is 129 cm³/mol. The molecule has 0 unspecified atom stereocenters. The number of hydrogen-bond donors (Lipinski definition) is 1. The SMILES string of the molecule is C=CCc1cc(C=Nn2c(=O)[nH]c3ccccc3c2=O)cc(OC)c1OCc1ccccc1. The van der Waals surface area contributed by atoms with Crippen molar-refractivity contribution in [2.75, 3.05) is 7.11 Å². The molecule has 0 bridgehead atoms. The van der Waals surface area contributed by atoms with Crippen LogP contribution in [0.25, 0.3) is 10.9 Å². The summed E-state index contributed by atoms with van der Waals surface area (Å²) in [5.74, 6) is 1.13. The minimum atomic E-state index is -0.615. The Hall–Kier alpha value is -4.39. The van der Waals surface area contributed by atoms with Crippen LogP contribution in [0.2, 0.25) is 0 Å². The quantitative estimate of drug-likeness (QED) is 0.332. The van der Waals surface area contributed by atoms with Crippen LogP contribution in [-0.4, -0.2) is 23.0 Å². The predicted octanol–water partition coefficient (Wildman–Crippen LogP) is 3.89. The van der Waals surface area contributed by atoms with Crippen molar-refractivity contribution >= 4 is 17.1 Å². The fourth-order valence-electron chi connectivity index (χ4n) is 3.49. The van der Waals surface area contributed by atoms with Gasteiger partial charge in [0.2, 0.25) is 0 Å². The molecule has 4 aromatic rings. The molecule has 166 valence electrons. The van der Waals surface area contributed by atoms with Gasteiger partial charge in [0.25, 0.3) is 5.56 Å². The molecule has 7 heteroatoms. The Balaban J connectivity index is 1.70. The maximum atomic E-state index is 12.7. The van der Waals surface area contributed by atoms with E-state index in [4.69, 9.17) is 9.47 Å². The summed E-state index contributed by atoms with van der Waals surface area (Å²) in [5.41, 5.74) is 1.89. The highest BCUT2D eigenvalue weighted by Gasteiger charge is 2.13. The number of H-pyrrole nitrogens is 1. The van der Waals surface area contributed by atoms with Gasteiger partial charge in [-0.25, -0.2) is 4.79 Å². The molecule has 0 aliphatic carbocycles. The highest BCUT2D eigenvalue weighted by atomic mass is 16.5. The lowest BCUT2D eigenvalue weighted by Gasteiger charge is -2.16. The zero-order valence-electron chi connectivity index (χ0n) is 18.2. The molecule has 0 amide bonds. The second-order valence-corrected chi connectivity index (χ2v) is 7.32. The van der Waals surface area contributed by atoms with Gasteiger partial charge < -0.3 is 14.5 Å². The van der Waals surface area contributed by atoms with E-state index in [2.05, 4.69) is 16.7 Å². The molecule has 0 aliphatic heterocycles. The maximum Gasteiger partial charge on any atom is 0.349 e. The molecule has 1 heterocycles. The highest BCUT2D eigenvalue weighted by molar-refractivity contribution is 5.82. The van der Waals surface area contributed by atoms with Crippen molar-refractivity contribution in [2.24, 2.45) is 5.10 Å². The first-order chi connectivity index (χ1) is 16.1. The van der Waals surface area contributed by atoms with Crippen LogP contribution in [0.3, 0.4) is 0 Å². The summed E-state index contributed by atoms with van der Waals surface area (Å²) >= 11 is 0. The summed E-state index contributed by atoms with van der Waals surface area (Å²) in [7, 11) is 1.56. The summed E-state index contributed by atoms with van der Waals surface area (Å²) in [4.78, 5) is 27.8. The van der Waals surface area contributed by atoms with Crippen molar-refractivity contribution in [3.8, 4) is 11.5 Å². The summed E-state index contributed by atoms with van der Waals surface area (Å²) < 4.78 is 12.4. The van der Waals surface area contributed by atoms with E-state index in [0.717, 1.165) is 15.8 Å². The maximum absolute atomic E-state index is 12.7. The third-order valence-electron chi connectivity index (χ3n) is 5.07. The average Bonchev–Trinajstić information content (AvgIpc) is 2.83. The Bertz CT molecular complexity index is 1440. The van der Waals surface area contributed by atoms with E-state index in [0.29, 0.717) is 41.0 Å². The molecular formula is C26H23N3O4. The molecule has 0 atom stereocenters. The average molecular weight is 441 g/mol. The van der Waals surface area contributed by atoms with Crippen molar-refractivity contribution in [3.05, 3.63) is 117 Å². The van der Waals surface area contributed by atoms with Gasteiger partial charge in [0.05, 0.1) is 24.2 Å². The Labute approximate surface area is 190 Å². The van der Waals surface area contributed by atoms with Crippen LogP contribution in [-0.2, 0) is 13.0 Å². The fraction of sp³-hybridized carbons (Fsp3) is 0.115. The van der Waals surface area contributed by atoms with E-state index in [-0.39, 0.29) is 0 Å². The first-order valence-corrected chi connectivity index (χ1v) is 10.4. The van der Waals surface area contributed by atoms with Crippen LogP contribution in [0, 0.1) is 0 Å². The summed E-state index contributed by atoms with van der Waals surface area (Å²) in [5, 5.41) is 4.52. The summed E-state index contributed by atoms with van der Waals surface area (Å²) in [6.45, 7) is 4.21. The number of ether oxygens (including phenoxy) is 2. The smallest absolute Gasteiger partial charge is 0.349 e. The number of aromatic amines is 1. The van der Waals surface area contributed by atoms with Crippen molar-refractivity contribution in [1.82, 2.24) is 9.66 Å². The number of benzene rings is 3. The van der Waals surface area contributed by atoms with E-state index < -0.39 is 11.2 Å². The largest absolute Gasteiger partial charge is 0.493 e. The Morgan fingerprint density at radius 3 is 2.58 bits per heavy atom. The minimum absolute atomic E-state index is 0.379. The lowest BCUT2D eigenvalue weighted by Crippen LogP contribution is -2.32. The van der Waals surface area contributed by atoms with Crippen LogP contribution < -0.4 is 20.7 Å². The third kappa shape index (κ3) is 4.77. The molecule has 1 aromatic heterocycles. The number of allylic oxidation sites excluding steroid dienone is 1. The number of nitrogens with zero attached hydrogens (tertiary/aromatic N) is 2. The van der Waals surface area contributed by atoms with Gasteiger partial charge in [0.15, 0.2) is 11.5 Å². The lowest BCUT2D eigenvalue weighted by atomic mass is 10.1. The van der Waals surface area contributed by atoms with Gasteiger partial charge >= 0.3 is 5.69 Å². The molecule has 3 aromatic carbocycles. The number of hydrogen-bond acceptors (Lipinski definition) is 5. The number of rotatable bonds is 8. The Morgan fingerprint density at radius 2 is 1.82 bits per heavy atom. The van der Waals surface area contributed by atoms with Crippen LogP contribution in [0.1, 0.15) is 16.7 Å². The molecule has 7 nitrogen and oxygen atoms in total. The van der Waals surface area contributed by atoms with Gasteiger partial charge in [-0.15, -0.1) is 11.3 Å². The molecule has 0 spiro atoms. The standard InChI is InChI=1S/C26H23N3O4/c1-3-9-20-14-19(15-23(32-2)24(20)33-17-18-10-5-4-6-11-18)16-27-29-25(30)21-12-7-8-13-22(21)28-26(29)31/h3-8,10-16H,1,9,17H2,2H3,(H,28,31). The van der Waals surface area contributed by atoms with Crippen molar-refractivity contribution in [2.45, 2.75) is 13.0 Å². The van der Waals surface area contributed by atoms with Crippen LogP contribution in [0.15, 0.2) is 94.1 Å². The Kier molecular flexibility index (Phi) is 6.50. The second-order valence-electron chi connectivity index (χ2n) is 7.32. The van der Waals surface area contributed by atoms with E-state index in [9.17, 15) is 9.59 Å². The third-order valence-corrected chi connectivity index (χ3v) is 5.07. The molecule has 0 saturated heterocycles. The van der Waals surface area contributed by atoms with Crippen LogP contribution in [0.5, 0.6) is 11.5 Å². The van der Waals surface area contributed by atoms with Crippen LogP contribution in [0.4, 0.5) is 0 Å². The highest BCUT2D eigenvalue weighted by Crippen LogP contribution is 2.34. The lowest BCUT2D eigenvalue weighted by molar-refractivity contribution is 0.282. The van der Waals surface area contributed by atoms with Crippen molar-refractivity contribution in [3.63, 3.8) is 0 Å². The van der Waals surface area contributed by atoms with Crippen molar-refractivity contribution < 1.29 is 9.47 Å². The van der Waals surface area contributed by atoms with E-state index in [1.165, 1.54) is 6.21 Å². The second kappa shape index (κ2) is 9.82. The van der Waals surface area contributed by atoms with E-state index in [1.807, 2.05) is 36.4 Å². The first-order valence-electron chi connectivity index (χ1n) is 10.4. The molecular weight excluding hydrogens is 418 g/mol. The fourth-order valence-corrected chi connectivity index (χ4v) is 3.49. The Morgan fingerprint density at radius 1 is 1.06 bits per heavy atom. The van der Waals surface area contributed by atoms with Gasteiger partial charge in [0.1, 0.15) is 6.61 Å².